The Morgan fingerprint density at radius 2 is 2.35 bits per heavy atom. The van der Waals surface area contributed by atoms with Gasteiger partial charge in [-0.1, -0.05) is 0 Å². The largest absolute Gasteiger partial charge is 0.397 e. The third-order valence-corrected chi connectivity index (χ3v) is 3.28. The molecule has 1 aliphatic carbocycles. The van der Waals surface area contributed by atoms with E-state index in [4.69, 9.17) is 10.8 Å². The van der Waals surface area contributed by atoms with Crippen LogP contribution in [0.25, 0.3) is 0 Å². The molecule has 0 spiro atoms. The number of rotatable bonds is 5. The molecule has 4 N–H and O–H groups in total. The first-order valence-electron chi connectivity index (χ1n) is 5.76. The standard InChI is InChI=1S/C12H17N3O2/c13-9-2-1-6-14-10(9)11(17)15-8-12(3-4-12)5-7-16/h1-2,6,16H,3-5,7-8,13H2,(H,15,17). The van der Waals surface area contributed by atoms with E-state index >= 15 is 0 Å². The van der Waals surface area contributed by atoms with Crippen LogP contribution in [0.1, 0.15) is 29.8 Å². The highest BCUT2D eigenvalue weighted by atomic mass is 16.3. The summed E-state index contributed by atoms with van der Waals surface area (Å²) in [5.74, 6) is -0.243. The summed E-state index contributed by atoms with van der Waals surface area (Å²) in [6.45, 7) is 0.754. The van der Waals surface area contributed by atoms with Crippen LogP contribution in [0.4, 0.5) is 5.69 Å². The summed E-state index contributed by atoms with van der Waals surface area (Å²) in [5.41, 5.74) is 6.43. The second-order valence-corrected chi connectivity index (χ2v) is 4.60. The smallest absolute Gasteiger partial charge is 0.272 e. The zero-order valence-electron chi connectivity index (χ0n) is 9.65. The van der Waals surface area contributed by atoms with Crippen LogP contribution in [0, 0.1) is 5.41 Å². The number of pyridine rings is 1. The maximum Gasteiger partial charge on any atom is 0.272 e. The number of hydrogen-bond donors (Lipinski definition) is 3. The SMILES string of the molecule is Nc1cccnc1C(=O)NCC1(CCO)CC1. The van der Waals surface area contributed by atoms with Crippen LogP contribution in [0.5, 0.6) is 0 Å². The van der Waals surface area contributed by atoms with Crippen molar-refractivity contribution in [1.29, 1.82) is 0 Å². The number of nitrogens with two attached hydrogens (primary N) is 1. The minimum atomic E-state index is -0.243. The van der Waals surface area contributed by atoms with Gasteiger partial charge in [0.05, 0.1) is 5.69 Å². The Kier molecular flexibility index (Phi) is 3.28. The molecule has 1 heterocycles. The van der Waals surface area contributed by atoms with E-state index in [1.165, 1.54) is 0 Å². The predicted octanol–water partition coefficient (Wildman–Crippen LogP) is 0.556. The van der Waals surface area contributed by atoms with Crippen molar-refractivity contribution >= 4 is 11.6 Å². The van der Waals surface area contributed by atoms with Gasteiger partial charge in [0.2, 0.25) is 0 Å². The van der Waals surface area contributed by atoms with E-state index < -0.39 is 0 Å². The Bertz CT molecular complexity index is 416. The fourth-order valence-electron chi connectivity index (χ4n) is 1.89. The van der Waals surface area contributed by atoms with Crippen molar-refractivity contribution < 1.29 is 9.90 Å². The predicted molar refractivity (Wildman–Crippen MR) is 64.4 cm³/mol. The van der Waals surface area contributed by atoms with Gasteiger partial charge in [0.1, 0.15) is 0 Å². The molecule has 92 valence electrons. The number of nitrogen functional groups attached to an aromatic ring is 1. The van der Waals surface area contributed by atoms with Gasteiger partial charge in [0.25, 0.3) is 5.91 Å². The maximum atomic E-state index is 11.8. The molecule has 0 radical (unpaired) electrons. The van der Waals surface area contributed by atoms with Crippen molar-refractivity contribution in [3.8, 4) is 0 Å². The number of amides is 1. The van der Waals surface area contributed by atoms with Gasteiger partial charge in [-0.3, -0.25) is 4.79 Å². The molecule has 5 heteroatoms. The first-order valence-corrected chi connectivity index (χ1v) is 5.76. The second-order valence-electron chi connectivity index (χ2n) is 4.60. The highest BCUT2D eigenvalue weighted by Gasteiger charge is 2.42. The molecule has 1 fully saturated rings. The van der Waals surface area contributed by atoms with Gasteiger partial charge in [-0.25, -0.2) is 4.98 Å². The number of anilines is 1. The Hall–Kier alpha value is -1.62. The Labute approximate surface area is 100 Å². The number of aliphatic hydroxyl groups is 1. The molecule has 0 bridgehead atoms. The van der Waals surface area contributed by atoms with Crippen molar-refractivity contribution in [1.82, 2.24) is 10.3 Å². The van der Waals surface area contributed by atoms with Gasteiger partial charge in [-0.2, -0.15) is 0 Å². The van der Waals surface area contributed by atoms with Crippen LogP contribution in [0.3, 0.4) is 0 Å². The van der Waals surface area contributed by atoms with Crippen LogP contribution >= 0.6 is 0 Å². The van der Waals surface area contributed by atoms with Crippen molar-refractivity contribution in [2.75, 3.05) is 18.9 Å². The summed E-state index contributed by atoms with van der Waals surface area (Å²) in [4.78, 5) is 15.8. The monoisotopic (exact) mass is 235 g/mol. The fourth-order valence-corrected chi connectivity index (χ4v) is 1.89. The lowest BCUT2D eigenvalue weighted by Crippen LogP contribution is -2.31. The van der Waals surface area contributed by atoms with Crippen LogP contribution in [-0.2, 0) is 0 Å². The van der Waals surface area contributed by atoms with Crippen molar-refractivity contribution in [3.05, 3.63) is 24.0 Å². The van der Waals surface area contributed by atoms with Crippen molar-refractivity contribution in [3.63, 3.8) is 0 Å². The van der Waals surface area contributed by atoms with Crippen LogP contribution in [0.15, 0.2) is 18.3 Å². The molecule has 0 atom stereocenters. The van der Waals surface area contributed by atoms with E-state index in [0.29, 0.717) is 12.2 Å². The maximum absolute atomic E-state index is 11.8. The summed E-state index contributed by atoms with van der Waals surface area (Å²) in [5, 5.41) is 11.8. The number of aliphatic hydroxyl groups excluding tert-OH is 1. The Morgan fingerprint density at radius 1 is 1.59 bits per heavy atom. The van der Waals surface area contributed by atoms with E-state index in [1.54, 1.807) is 18.3 Å². The molecule has 1 amide bonds. The quantitative estimate of drug-likeness (QED) is 0.695. The summed E-state index contributed by atoms with van der Waals surface area (Å²) in [6.07, 6.45) is 4.41. The second kappa shape index (κ2) is 4.71. The molecular weight excluding hydrogens is 218 g/mol. The summed E-state index contributed by atoms with van der Waals surface area (Å²) >= 11 is 0. The molecule has 1 aliphatic rings. The lowest BCUT2D eigenvalue weighted by atomic mass is 10.0. The zero-order valence-corrected chi connectivity index (χ0v) is 9.65. The van der Waals surface area contributed by atoms with Crippen LogP contribution < -0.4 is 11.1 Å². The topological polar surface area (TPSA) is 88.2 Å². The van der Waals surface area contributed by atoms with E-state index in [2.05, 4.69) is 10.3 Å². The molecule has 2 rings (SSSR count). The molecule has 1 aromatic rings. The number of hydrogen-bond acceptors (Lipinski definition) is 4. The number of nitrogens with one attached hydrogen (secondary N) is 1. The summed E-state index contributed by atoms with van der Waals surface area (Å²) < 4.78 is 0. The van der Waals surface area contributed by atoms with Gasteiger partial charge in [0.15, 0.2) is 5.69 Å². The molecular formula is C12H17N3O2. The lowest BCUT2D eigenvalue weighted by molar-refractivity contribution is 0.0937. The van der Waals surface area contributed by atoms with E-state index in [1.807, 2.05) is 0 Å². The van der Waals surface area contributed by atoms with Crippen LogP contribution in [-0.4, -0.2) is 29.1 Å². The fraction of sp³-hybridized carbons (Fsp3) is 0.500. The molecule has 17 heavy (non-hydrogen) atoms. The Balaban J connectivity index is 1.92. The number of carbonyl (C=O) groups excluding carboxylic acids is 1. The molecule has 0 unspecified atom stereocenters. The normalized spacial score (nSPS) is 16.5. The van der Waals surface area contributed by atoms with Gasteiger partial charge >= 0.3 is 0 Å². The Morgan fingerprint density at radius 3 is 2.94 bits per heavy atom. The molecule has 0 aromatic carbocycles. The summed E-state index contributed by atoms with van der Waals surface area (Å²) in [7, 11) is 0. The average molecular weight is 235 g/mol. The minimum Gasteiger partial charge on any atom is -0.397 e. The minimum absolute atomic E-state index is 0.105. The van der Waals surface area contributed by atoms with Crippen molar-refractivity contribution in [2.45, 2.75) is 19.3 Å². The third kappa shape index (κ3) is 2.74. The number of nitrogens with zero attached hydrogens (tertiary/aromatic N) is 1. The zero-order chi connectivity index (χ0) is 12.3. The first kappa shape index (κ1) is 11.9. The number of aromatic nitrogens is 1. The van der Waals surface area contributed by atoms with E-state index in [0.717, 1.165) is 19.3 Å². The molecule has 0 aliphatic heterocycles. The molecule has 5 nitrogen and oxygen atoms in total. The lowest BCUT2D eigenvalue weighted by Gasteiger charge is -2.14. The van der Waals surface area contributed by atoms with E-state index in [-0.39, 0.29) is 23.6 Å². The molecule has 1 aromatic heterocycles. The van der Waals surface area contributed by atoms with E-state index in [9.17, 15) is 4.79 Å². The van der Waals surface area contributed by atoms with Crippen LogP contribution in [0.2, 0.25) is 0 Å². The highest BCUT2D eigenvalue weighted by Crippen LogP contribution is 2.47. The van der Waals surface area contributed by atoms with Gasteiger partial charge in [0, 0.05) is 19.3 Å². The van der Waals surface area contributed by atoms with Crippen molar-refractivity contribution in [2.24, 2.45) is 5.41 Å². The average Bonchev–Trinajstić information content (AvgIpc) is 3.08. The first-order chi connectivity index (χ1) is 8.17. The van der Waals surface area contributed by atoms with Gasteiger partial charge in [-0.15, -0.1) is 0 Å². The highest BCUT2D eigenvalue weighted by molar-refractivity contribution is 5.97. The number of carbonyl (C=O) groups is 1. The molecule has 0 saturated heterocycles. The summed E-state index contributed by atoms with van der Waals surface area (Å²) in [6, 6.07) is 3.35. The third-order valence-electron chi connectivity index (χ3n) is 3.28. The van der Waals surface area contributed by atoms with Gasteiger partial charge in [-0.05, 0) is 36.8 Å². The molecule has 1 saturated carbocycles. The van der Waals surface area contributed by atoms with Gasteiger partial charge < -0.3 is 16.2 Å².